The van der Waals surface area contributed by atoms with Crippen LogP contribution in [-0.4, -0.2) is 0 Å². The zero-order chi connectivity index (χ0) is 12.5. The van der Waals surface area contributed by atoms with Gasteiger partial charge in [-0.2, -0.15) is 0 Å². The van der Waals surface area contributed by atoms with Gasteiger partial charge in [-0.15, -0.1) is 0 Å². The molecular formula is C15H13ClFN. The van der Waals surface area contributed by atoms with Gasteiger partial charge in [-0.25, -0.2) is 4.39 Å². The van der Waals surface area contributed by atoms with E-state index in [1.54, 1.807) is 18.2 Å². The Morgan fingerprint density at radius 1 is 1.11 bits per heavy atom. The van der Waals surface area contributed by atoms with Crippen LogP contribution in [0.2, 0.25) is 5.02 Å². The molecule has 1 N–H and O–H groups in total. The number of fused-ring (bicyclic) bond motifs is 1. The summed E-state index contributed by atoms with van der Waals surface area (Å²) in [6, 6.07) is 13.5. The van der Waals surface area contributed by atoms with Crippen LogP contribution in [0.15, 0.2) is 42.5 Å². The van der Waals surface area contributed by atoms with Gasteiger partial charge in [-0.1, -0.05) is 41.9 Å². The Bertz CT molecular complexity index is 582. The van der Waals surface area contributed by atoms with Gasteiger partial charge >= 0.3 is 0 Å². The maximum Gasteiger partial charge on any atom is 0.164 e. The van der Waals surface area contributed by atoms with E-state index in [1.165, 1.54) is 11.1 Å². The molecule has 0 heterocycles. The lowest BCUT2D eigenvalue weighted by Gasteiger charge is -2.16. The third kappa shape index (κ3) is 1.97. The van der Waals surface area contributed by atoms with Gasteiger partial charge in [-0.05, 0) is 36.1 Å². The molecule has 0 spiro atoms. The summed E-state index contributed by atoms with van der Waals surface area (Å²) in [4.78, 5) is 0. The first-order valence-corrected chi connectivity index (χ1v) is 6.42. The van der Waals surface area contributed by atoms with Crippen LogP contribution in [0, 0.1) is 5.82 Å². The van der Waals surface area contributed by atoms with Crippen molar-refractivity contribution in [3.05, 3.63) is 64.4 Å². The molecular weight excluding hydrogens is 249 g/mol. The van der Waals surface area contributed by atoms with Crippen molar-refractivity contribution in [3.63, 3.8) is 0 Å². The number of aryl methyl sites for hydroxylation is 1. The number of anilines is 1. The van der Waals surface area contributed by atoms with Gasteiger partial charge in [0.1, 0.15) is 0 Å². The van der Waals surface area contributed by atoms with E-state index in [0.717, 1.165) is 12.8 Å². The Hall–Kier alpha value is -1.54. The minimum atomic E-state index is -0.372. The second kappa shape index (κ2) is 4.62. The minimum Gasteiger partial charge on any atom is -0.376 e. The maximum atomic E-state index is 13.8. The number of benzene rings is 2. The van der Waals surface area contributed by atoms with Crippen LogP contribution in [0.25, 0.3) is 0 Å². The molecule has 0 radical (unpaired) electrons. The number of halogens is 2. The van der Waals surface area contributed by atoms with Crippen molar-refractivity contribution in [3.8, 4) is 0 Å². The highest BCUT2D eigenvalue weighted by Gasteiger charge is 2.22. The predicted octanol–water partition coefficient (Wildman–Crippen LogP) is 4.58. The van der Waals surface area contributed by atoms with Crippen LogP contribution < -0.4 is 5.32 Å². The Kier molecular flexibility index (Phi) is 2.96. The lowest BCUT2D eigenvalue weighted by molar-refractivity contribution is 0.625. The maximum absolute atomic E-state index is 13.8. The van der Waals surface area contributed by atoms with Crippen LogP contribution in [0.3, 0.4) is 0 Å². The van der Waals surface area contributed by atoms with Crippen LogP contribution in [0.4, 0.5) is 10.1 Å². The van der Waals surface area contributed by atoms with Gasteiger partial charge in [0, 0.05) is 0 Å². The first-order chi connectivity index (χ1) is 8.75. The summed E-state index contributed by atoms with van der Waals surface area (Å²) >= 11 is 5.78. The van der Waals surface area contributed by atoms with E-state index in [-0.39, 0.29) is 16.9 Å². The van der Waals surface area contributed by atoms with E-state index < -0.39 is 0 Å². The SMILES string of the molecule is Fc1c(Cl)cccc1NC1CCc2ccccc21. The fourth-order valence-corrected chi connectivity index (χ4v) is 2.68. The second-order valence-corrected chi connectivity index (χ2v) is 4.94. The van der Waals surface area contributed by atoms with E-state index in [9.17, 15) is 4.39 Å². The Labute approximate surface area is 111 Å². The summed E-state index contributed by atoms with van der Waals surface area (Å²) in [5, 5.41) is 3.41. The molecule has 0 aromatic heterocycles. The van der Waals surface area contributed by atoms with Gasteiger partial charge in [-0.3, -0.25) is 0 Å². The van der Waals surface area contributed by atoms with Crippen molar-refractivity contribution in [2.75, 3.05) is 5.32 Å². The normalized spacial score (nSPS) is 17.6. The summed E-state index contributed by atoms with van der Waals surface area (Å²) in [6.07, 6.45) is 2.03. The molecule has 2 aromatic rings. The highest BCUT2D eigenvalue weighted by atomic mass is 35.5. The monoisotopic (exact) mass is 261 g/mol. The molecule has 0 saturated carbocycles. The van der Waals surface area contributed by atoms with Crippen LogP contribution in [-0.2, 0) is 6.42 Å². The fourth-order valence-electron chi connectivity index (χ4n) is 2.51. The zero-order valence-electron chi connectivity index (χ0n) is 9.79. The number of hydrogen-bond acceptors (Lipinski definition) is 1. The lowest BCUT2D eigenvalue weighted by Crippen LogP contribution is -2.08. The van der Waals surface area contributed by atoms with E-state index in [4.69, 9.17) is 11.6 Å². The molecule has 0 bridgehead atoms. The quantitative estimate of drug-likeness (QED) is 0.834. The van der Waals surface area contributed by atoms with Crippen LogP contribution in [0.5, 0.6) is 0 Å². The van der Waals surface area contributed by atoms with E-state index in [1.807, 2.05) is 12.1 Å². The van der Waals surface area contributed by atoms with Gasteiger partial charge < -0.3 is 5.32 Å². The van der Waals surface area contributed by atoms with Crippen molar-refractivity contribution >= 4 is 17.3 Å². The molecule has 92 valence electrons. The molecule has 18 heavy (non-hydrogen) atoms. The molecule has 0 fully saturated rings. The molecule has 1 aliphatic rings. The summed E-state index contributed by atoms with van der Waals surface area (Å²) in [5.41, 5.74) is 3.08. The zero-order valence-corrected chi connectivity index (χ0v) is 10.5. The van der Waals surface area contributed by atoms with Crippen LogP contribution in [0.1, 0.15) is 23.6 Å². The average molecular weight is 262 g/mol. The third-order valence-electron chi connectivity index (χ3n) is 3.41. The first kappa shape index (κ1) is 11.5. The highest BCUT2D eigenvalue weighted by molar-refractivity contribution is 6.31. The Morgan fingerprint density at radius 3 is 2.83 bits per heavy atom. The molecule has 3 heteroatoms. The number of rotatable bonds is 2. The fraction of sp³-hybridized carbons (Fsp3) is 0.200. The molecule has 1 aliphatic carbocycles. The summed E-state index contributed by atoms with van der Waals surface area (Å²) < 4.78 is 13.8. The number of hydrogen-bond donors (Lipinski definition) is 1. The molecule has 3 rings (SSSR count). The predicted molar refractivity (Wildman–Crippen MR) is 72.5 cm³/mol. The minimum absolute atomic E-state index is 0.159. The van der Waals surface area contributed by atoms with Crippen LogP contribution >= 0.6 is 11.6 Å². The van der Waals surface area contributed by atoms with Gasteiger partial charge in [0.2, 0.25) is 0 Å². The smallest absolute Gasteiger partial charge is 0.164 e. The van der Waals surface area contributed by atoms with Crippen molar-refractivity contribution < 1.29 is 4.39 Å². The summed E-state index contributed by atoms with van der Waals surface area (Å²) in [5.74, 6) is -0.372. The molecule has 1 unspecified atom stereocenters. The van der Waals surface area contributed by atoms with Crippen molar-refractivity contribution in [2.45, 2.75) is 18.9 Å². The van der Waals surface area contributed by atoms with E-state index >= 15 is 0 Å². The largest absolute Gasteiger partial charge is 0.376 e. The molecule has 2 aromatic carbocycles. The number of nitrogens with one attached hydrogen (secondary N) is 1. The Balaban J connectivity index is 1.89. The van der Waals surface area contributed by atoms with Crippen molar-refractivity contribution in [1.29, 1.82) is 0 Å². The summed E-state index contributed by atoms with van der Waals surface area (Å²) in [7, 11) is 0. The Morgan fingerprint density at radius 2 is 1.94 bits per heavy atom. The van der Waals surface area contributed by atoms with Gasteiger partial charge in [0.25, 0.3) is 0 Å². The van der Waals surface area contributed by atoms with E-state index in [0.29, 0.717) is 5.69 Å². The van der Waals surface area contributed by atoms with Gasteiger partial charge in [0.05, 0.1) is 16.8 Å². The second-order valence-electron chi connectivity index (χ2n) is 4.54. The topological polar surface area (TPSA) is 12.0 Å². The summed E-state index contributed by atoms with van der Waals surface area (Å²) in [6.45, 7) is 0. The molecule has 1 atom stereocenters. The highest BCUT2D eigenvalue weighted by Crippen LogP contribution is 2.35. The molecule has 0 amide bonds. The van der Waals surface area contributed by atoms with Gasteiger partial charge in [0.15, 0.2) is 5.82 Å². The molecule has 1 nitrogen and oxygen atoms in total. The lowest BCUT2D eigenvalue weighted by atomic mass is 10.1. The molecule has 0 saturated heterocycles. The third-order valence-corrected chi connectivity index (χ3v) is 3.71. The average Bonchev–Trinajstić information content (AvgIpc) is 2.79. The first-order valence-electron chi connectivity index (χ1n) is 6.04. The standard InChI is InChI=1S/C15H13ClFN/c16-12-6-3-7-14(15(12)17)18-13-9-8-10-4-1-2-5-11(10)13/h1-7,13,18H,8-9H2. The van der Waals surface area contributed by atoms with E-state index in [2.05, 4.69) is 17.4 Å². The van der Waals surface area contributed by atoms with Crippen molar-refractivity contribution in [2.24, 2.45) is 0 Å². The molecule has 0 aliphatic heterocycles. The van der Waals surface area contributed by atoms with Crippen molar-refractivity contribution in [1.82, 2.24) is 0 Å².